The number of carbonyl (C=O) groups excluding carboxylic acids is 1. The third kappa shape index (κ3) is 6.66. The van der Waals surface area contributed by atoms with E-state index in [-0.39, 0.29) is 52.1 Å². The molecule has 12 heteroatoms. The summed E-state index contributed by atoms with van der Waals surface area (Å²) in [6.07, 6.45) is 2.49. The van der Waals surface area contributed by atoms with Gasteiger partial charge in [0.25, 0.3) is 10.0 Å². The van der Waals surface area contributed by atoms with Crippen molar-refractivity contribution in [3.05, 3.63) is 82.6 Å². The molecule has 3 aromatic rings. The maximum atomic E-state index is 14.2. The van der Waals surface area contributed by atoms with Crippen molar-refractivity contribution >= 4 is 45.4 Å². The fraction of sp³-hybridized carbons (Fsp3) is 0.222. The van der Waals surface area contributed by atoms with Crippen molar-refractivity contribution in [1.82, 2.24) is 0 Å². The van der Waals surface area contributed by atoms with Crippen LogP contribution in [0.25, 0.3) is 12.2 Å². The van der Waals surface area contributed by atoms with Gasteiger partial charge in [0, 0.05) is 18.1 Å². The number of methoxy groups -OCH3 is 1. The summed E-state index contributed by atoms with van der Waals surface area (Å²) in [5.74, 6) is -1.10. The molecular formula is C27H23ClF3NO6S. The number of hydrogen-bond donors (Lipinski definition) is 0. The lowest BCUT2D eigenvalue weighted by Gasteiger charge is -2.35. The summed E-state index contributed by atoms with van der Waals surface area (Å²) in [4.78, 5) is 11.4. The van der Waals surface area contributed by atoms with E-state index in [1.807, 2.05) is 0 Å². The molecule has 0 saturated heterocycles. The standard InChI is InChI=1S/C27H23ClF3NO6S/c1-36-26(33)13-10-19-16-32(39(34,35)20-5-2-4-18(15-20)38-27(30)31)24-14-17(9-12-25(24)37-19)8-11-21-22(28)6-3-7-23(21)29/h2-9,11-12,14-15,19,27H,10,13,16H2,1H3/b11-8+. The SMILES string of the molecule is COC(=O)CCC1CN(S(=O)(=O)c2cccc(OC(F)F)c2)c2cc(/C=C/c3c(F)cccc3Cl)ccc2O1. The number of ether oxygens (including phenoxy) is 3. The summed E-state index contributed by atoms with van der Waals surface area (Å²) in [7, 11) is -3.06. The zero-order chi connectivity index (χ0) is 28.2. The van der Waals surface area contributed by atoms with E-state index >= 15 is 0 Å². The summed E-state index contributed by atoms with van der Waals surface area (Å²) in [5.41, 5.74) is 0.849. The molecule has 0 spiro atoms. The van der Waals surface area contributed by atoms with Gasteiger partial charge in [0.2, 0.25) is 0 Å². The van der Waals surface area contributed by atoms with Crippen LogP contribution < -0.4 is 13.8 Å². The number of benzene rings is 3. The first-order chi connectivity index (χ1) is 18.6. The number of nitrogens with zero attached hydrogens (tertiary/aromatic N) is 1. The van der Waals surface area contributed by atoms with Gasteiger partial charge in [-0.15, -0.1) is 0 Å². The van der Waals surface area contributed by atoms with Crippen LogP contribution in [0.1, 0.15) is 24.0 Å². The summed E-state index contributed by atoms with van der Waals surface area (Å²) in [6, 6.07) is 13.8. The van der Waals surface area contributed by atoms with Crippen LogP contribution in [0, 0.1) is 5.82 Å². The van der Waals surface area contributed by atoms with Crippen LogP contribution in [0.15, 0.2) is 65.6 Å². The number of sulfonamides is 1. The van der Waals surface area contributed by atoms with Crippen molar-refractivity contribution in [2.24, 2.45) is 0 Å². The lowest BCUT2D eigenvalue weighted by Crippen LogP contribution is -2.43. The van der Waals surface area contributed by atoms with Gasteiger partial charge in [0.15, 0.2) is 0 Å². The predicted octanol–water partition coefficient (Wildman–Crippen LogP) is 6.16. The first-order valence-electron chi connectivity index (χ1n) is 11.7. The van der Waals surface area contributed by atoms with E-state index in [4.69, 9.17) is 16.3 Å². The van der Waals surface area contributed by atoms with E-state index < -0.39 is 34.5 Å². The Morgan fingerprint density at radius 2 is 1.92 bits per heavy atom. The van der Waals surface area contributed by atoms with Crippen molar-refractivity contribution in [2.75, 3.05) is 18.0 Å². The Labute approximate surface area is 228 Å². The molecule has 206 valence electrons. The molecule has 4 rings (SSSR count). The van der Waals surface area contributed by atoms with Crippen molar-refractivity contribution < 1.29 is 40.6 Å². The van der Waals surface area contributed by atoms with Gasteiger partial charge in [-0.25, -0.2) is 12.8 Å². The normalized spacial score (nSPS) is 15.2. The maximum absolute atomic E-state index is 14.2. The van der Waals surface area contributed by atoms with Crippen molar-refractivity contribution in [1.29, 1.82) is 0 Å². The molecule has 7 nitrogen and oxygen atoms in total. The third-order valence-corrected chi connectivity index (χ3v) is 7.98. The van der Waals surface area contributed by atoms with Gasteiger partial charge in [-0.1, -0.05) is 35.9 Å². The third-order valence-electron chi connectivity index (χ3n) is 5.87. The number of anilines is 1. The largest absolute Gasteiger partial charge is 0.486 e. The van der Waals surface area contributed by atoms with E-state index in [0.29, 0.717) is 5.56 Å². The zero-order valence-corrected chi connectivity index (χ0v) is 22.1. The molecule has 0 aromatic heterocycles. The van der Waals surface area contributed by atoms with Crippen LogP contribution in [-0.2, 0) is 19.6 Å². The molecule has 1 unspecified atom stereocenters. The maximum Gasteiger partial charge on any atom is 0.387 e. The van der Waals surface area contributed by atoms with E-state index in [2.05, 4.69) is 9.47 Å². The molecule has 0 amide bonds. The Bertz CT molecular complexity index is 1480. The van der Waals surface area contributed by atoms with E-state index in [9.17, 15) is 26.4 Å². The van der Waals surface area contributed by atoms with Gasteiger partial charge in [-0.3, -0.25) is 9.10 Å². The molecule has 1 aliphatic rings. The number of halogens is 4. The number of fused-ring (bicyclic) bond motifs is 1. The summed E-state index contributed by atoms with van der Waals surface area (Å²) >= 11 is 6.10. The first kappa shape index (κ1) is 28.3. The summed E-state index contributed by atoms with van der Waals surface area (Å²) < 4.78 is 83.3. The summed E-state index contributed by atoms with van der Waals surface area (Å²) in [6.45, 7) is -3.30. The molecule has 3 aromatic carbocycles. The molecule has 0 saturated carbocycles. The fourth-order valence-corrected chi connectivity index (χ4v) is 5.74. The molecule has 39 heavy (non-hydrogen) atoms. The zero-order valence-electron chi connectivity index (χ0n) is 20.5. The van der Waals surface area contributed by atoms with Gasteiger partial charge >= 0.3 is 12.6 Å². The Hall–Kier alpha value is -3.70. The highest BCUT2D eigenvalue weighted by atomic mass is 35.5. The van der Waals surface area contributed by atoms with Crippen LogP contribution in [-0.4, -0.2) is 40.8 Å². The summed E-state index contributed by atoms with van der Waals surface area (Å²) in [5, 5.41) is 0.205. The van der Waals surface area contributed by atoms with Crippen LogP contribution in [0.4, 0.5) is 18.9 Å². The Balaban J connectivity index is 1.73. The predicted molar refractivity (Wildman–Crippen MR) is 140 cm³/mol. The number of alkyl halides is 2. The number of rotatable bonds is 9. The molecule has 0 bridgehead atoms. The van der Waals surface area contributed by atoms with Crippen LogP contribution >= 0.6 is 11.6 Å². The van der Waals surface area contributed by atoms with Crippen LogP contribution in [0.3, 0.4) is 0 Å². The van der Waals surface area contributed by atoms with Gasteiger partial charge in [0.1, 0.15) is 23.4 Å². The van der Waals surface area contributed by atoms with Crippen LogP contribution in [0.5, 0.6) is 11.5 Å². The highest BCUT2D eigenvalue weighted by Gasteiger charge is 2.35. The van der Waals surface area contributed by atoms with Crippen molar-refractivity contribution in [3.63, 3.8) is 0 Å². The van der Waals surface area contributed by atoms with E-state index in [0.717, 1.165) is 10.4 Å². The quantitative estimate of drug-likeness (QED) is 0.222. The minimum absolute atomic E-state index is 0.00762. The van der Waals surface area contributed by atoms with Crippen LogP contribution in [0.2, 0.25) is 5.02 Å². The molecule has 0 aliphatic carbocycles. The highest BCUT2D eigenvalue weighted by molar-refractivity contribution is 7.92. The lowest BCUT2D eigenvalue weighted by atomic mass is 10.1. The fourth-order valence-electron chi connectivity index (χ4n) is 3.98. The van der Waals surface area contributed by atoms with Gasteiger partial charge in [-0.05, 0) is 54.5 Å². The molecule has 0 N–H and O–H groups in total. The molecule has 0 fully saturated rings. The minimum atomic E-state index is -4.30. The second kappa shape index (κ2) is 12.0. The monoisotopic (exact) mass is 581 g/mol. The van der Waals surface area contributed by atoms with Gasteiger partial charge in [0.05, 0.1) is 29.3 Å². The molecule has 1 aliphatic heterocycles. The number of hydrogen-bond acceptors (Lipinski definition) is 6. The van der Waals surface area contributed by atoms with Crippen molar-refractivity contribution in [3.8, 4) is 11.5 Å². The Morgan fingerprint density at radius 1 is 1.15 bits per heavy atom. The smallest absolute Gasteiger partial charge is 0.387 e. The molecule has 0 radical (unpaired) electrons. The topological polar surface area (TPSA) is 82.1 Å². The number of carbonyl (C=O) groups is 1. The minimum Gasteiger partial charge on any atom is -0.486 e. The Kier molecular flexibility index (Phi) is 8.71. The Morgan fingerprint density at radius 3 is 2.64 bits per heavy atom. The second-order valence-corrected chi connectivity index (χ2v) is 10.7. The van der Waals surface area contributed by atoms with E-state index in [1.54, 1.807) is 24.3 Å². The first-order valence-corrected chi connectivity index (χ1v) is 13.5. The molecule has 1 atom stereocenters. The van der Waals surface area contributed by atoms with Gasteiger partial charge in [-0.2, -0.15) is 8.78 Å². The van der Waals surface area contributed by atoms with E-state index in [1.165, 1.54) is 49.6 Å². The lowest BCUT2D eigenvalue weighted by molar-refractivity contribution is -0.141. The number of esters is 1. The molecular weight excluding hydrogens is 559 g/mol. The average molecular weight is 582 g/mol. The highest BCUT2D eigenvalue weighted by Crippen LogP contribution is 2.39. The van der Waals surface area contributed by atoms with Crippen molar-refractivity contribution in [2.45, 2.75) is 30.5 Å². The molecule has 1 heterocycles. The average Bonchev–Trinajstić information content (AvgIpc) is 2.90. The van der Waals surface area contributed by atoms with Gasteiger partial charge < -0.3 is 14.2 Å². The second-order valence-electron chi connectivity index (χ2n) is 8.44.